The number of rotatable bonds is 6. The summed E-state index contributed by atoms with van der Waals surface area (Å²) in [5.74, 6) is -0.362. The van der Waals surface area contributed by atoms with Gasteiger partial charge in [-0.05, 0) is 44.5 Å². The van der Waals surface area contributed by atoms with Crippen molar-refractivity contribution in [3.05, 3.63) is 47.5 Å². The lowest BCUT2D eigenvalue weighted by Crippen LogP contribution is -2.39. The number of benzene rings is 1. The first-order valence-electron chi connectivity index (χ1n) is 9.74. The normalized spacial score (nSPS) is 13.4. The fraction of sp³-hybridized carbons (Fsp3) is 0.429. The van der Waals surface area contributed by atoms with E-state index in [1.54, 1.807) is 18.2 Å². The molecule has 0 saturated heterocycles. The molecule has 1 atom stereocenters. The molecule has 2 aromatic heterocycles. The molecular formula is C21H23F3N6O. The number of halogens is 3. The minimum Gasteiger partial charge on any atom is -0.341 e. The smallest absolute Gasteiger partial charge is 0.341 e. The van der Waals surface area contributed by atoms with Crippen molar-refractivity contribution in [3.8, 4) is 6.07 Å². The van der Waals surface area contributed by atoms with Crippen LogP contribution in [0, 0.1) is 16.7 Å². The van der Waals surface area contributed by atoms with Crippen LogP contribution in [0.25, 0.3) is 11.0 Å². The van der Waals surface area contributed by atoms with Crippen molar-refractivity contribution in [2.45, 2.75) is 52.4 Å². The molecule has 0 fully saturated rings. The van der Waals surface area contributed by atoms with E-state index in [9.17, 15) is 18.0 Å². The summed E-state index contributed by atoms with van der Waals surface area (Å²) in [6.45, 7) is 5.86. The van der Waals surface area contributed by atoms with Gasteiger partial charge in [0.2, 0.25) is 0 Å². The molecule has 3 aromatic rings. The third kappa shape index (κ3) is 4.55. The van der Waals surface area contributed by atoms with Crippen molar-refractivity contribution in [3.63, 3.8) is 0 Å². The number of aromatic nitrogens is 4. The van der Waals surface area contributed by atoms with Crippen LogP contribution in [0.2, 0.25) is 0 Å². The number of nitriles is 1. The molecular weight excluding hydrogens is 409 g/mol. The van der Waals surface area contributed by atoms with Crippen LogP contribution in [0.3, 0.4) is 0 Å². The van der Waals surface area contributed by atoms with Crippen LogP contribution in [0.5, 0.6) is 0 Å². The van der Waals surface area contributed by atoms with E-state index in [1.165, 1.54) is 16.9 Å². The zero-order chi connectivity index (χ0) is 23.0. The van der Waals surface area contributed by atoms with Gasteiger partial charge in [0.25, 0.3) is 5.91 Å². The van der Waals surface area contributed by atoms with Crippen molar-refractivity contribution < 1.29 is 18.0 Å². The van der Waals surface area contributed by atoms with Gasteiger partial charge in [0.15, 0.2) is 0 Å². The summed E-state index contributed by atoms with van der Waals surface area (Å²) < 4.78 is 42.3. The van der Waals surface area contributed by atoms with Crippen molar-refractivity contribution >= 4 is 16.9 Å². The molecule has 10 heteroatoms. The van der Waals surface area contributed by atoms with Crippen molar-refractivity contribution in [1.29, 1.82) is 5.26 Å². The number of fused-ring (bicyclic) bond motifs is 1. The molecule has 0 aliphatic heterocycles. The van der Waals surface area contributed by atoms with Gasteiger partial charge in [0.1, 0.15) is 11.5 Å². The van der Waals surface area contributed by atoms with Gasteiger partial charge in [0.05, 0.1) is 34.1 Å². The van der Waals surface area contributed by atoms with Crippen LogP contribution in [0.1, 0.15) is 68.1 Å². The van der Waals surface area contributed by atoms with Gasteiger partial charge in [0, 0.05) is 12.2 Å². The molecule has 7 nitrogen and oxygen atoms in total. The molecule has 2 heterocycles. The molecule has 0 aliphatic carbocycles. The highest BCUT2D eigenvalue weighted by atomic mass is 19.4. The van der Waals surface area contributed by atoms with Gasteiger partial charge in [-0.1, -0.05) is 13.8 Å². The van der Waals surface area contributed by atoms with Gasteiger partial charge < -0.3 is 10.3 Å². The molecule has 0 bridgehead atoms. The van der Waals surface area contributed by atoms with Gasteiger partial charge in [-0.25, -0.2) is 4.98 Å². The maximum Gasteiger partial charge on any atom is 0.394 e. The Morgan fingerprint density at radius 1 is 1.29 bits per heavy atom. The number of imidazole rings is 1. The van der Waals surface area contributed by atoms with Gasteiger partial charge in [-0.3, -0.25) is 9.48 Å². The predicted octanol–water partition coefficient (Wildman–Crippen LogP) is 4.66. The minimum absolute atomic E-state index is 0.101. The molecule has 2 N–H and O–H groups in total. The lowest BCUT2D eigenvalue weighted by atomic mass is 9.84. The second-order valence-electron chi connectivity index (χ2n) is 8.33. The number of amides is 1. The Labute approximate surface area is 177 Å². The number of alkyl halides is 3. The van der Waals surface area contributed by atoms with Crippen molar-refractivity contribution in [2.24, 2.45) is 5.41 Å². The number of H-pyrrole nitrogens is 1. The Balaban J connectivity index is 2.00. The standard InChI is InChI=1S/C21H23F3N6O/c1-12(2)30-17(7-8-26-30)19(31)29-16(10-20(3,4)21(22,23)24)18-27-14-6-5-13(11-25)9-15(14)28-18/h5-9,12,16H,10H2,1-4H3,(H,27,28)(H,29,31)/t16-/m0/s1. The van der Waals surface area contributed by atoms with Crippen LogP contribution in [0.4, 0.5) is 13.2 Å². The van der Waals surface area contributed by atoms with Crippen LogP contribution in [-0.4, -0.2) is 31.8 Å². The van der Waals surface area contributed by atoms with Crippen LogP contribution in [-0.2, 0) is 0 Å². The van der Waals surface area contributed by atoms with E-state index < -0.39 is 30.0 Å². The topological polar surface area (TPSA) is 99.4 Å². The van der Waals surface area contributed by atoms with E-state index in [-0.39, 0.29) is 17.6 Å². The molecule has 1 amide bonds. The van der Waals surface area contributed by atoms with E-state index in [1.807, 2.05) is 19.9 Å². The molecule has 0 aliphatic rings. The molecule has 0 radical (unpaired) electrons. The zero-order valence-electron chi connectivity index (χ0n) is 17.6. The summed E-state index contributed by atoms with van der Waals surface area (Å²) in [6.07, 6.45) is -3.44. The average molecular weight is 432 g/mol. The van der Waals surface area contributed by atoms with Crippen LogP contribution < -0.4 is 5.32 Å². The molecule has 0 spiro atoms. The Morgan fingerprint density at radius 2 is 2.00 bits per heavy atom. The van der Waals surface area contributed by atoms with E-state index >= 15 is 0 Å². The highest BCUT2D eigenvalue weighted by Crippen LogP contribution is 2.43. The monoisotopic (exact) mass is 432 g/mol. The molecule has 3 rings (SSSR count). The van der Waals surface area contributed by atoms with E-state index in [0.717, 1.165) is 13.8 Å². The van der Waals surface area contributed by atoms with Gasteiger partial charge in [-0.2, -0.15) is 23.5 Å². The summed E-state index contributed by atoms with van der Waals surface area (Å²) in [5.41, 5.74) is -0.455. The number of carbonyl (C=O) groups excluding carboxylic acids is 1. The van der Waals surface area contributed by atoms with E-state index in [0.29, 0.717) is 16.6 Å². The molecule has 0 unspecified atom stereocenters. The first-order chi connectivity index (χ1) is 14.4. The molecule has 164 valence electrons. The Hall–Kier alpha value is -3.35. The number of carbonyl (C=O) groups is 1. The zero-order valence-corrected chi connectivity index (χ0v) is 17.6. The minimum atomic E-state index is -4.48. The number of aromatic amines is 1. The molecule has 1 aromatic carbocycles. The maximum absolute atomic E-state index is 13.6. The fourth-order valence-corrected chi connectivity index (χ4v) is 3.24. The van der Waals surface area contributed by atoms with Gasteiger partial charge in [-0.15, -0.1) is 0 Å². The summed E-state index contributed by atoms with van der Waals surface area (Å²) >= 11 is 0. The Morgan fingerprint density at radius 3 is 2.61 bits per heavy atom. The quantitative estimate of drug-likeness (QED) is 0.592. The van der Waals surface area contributed by atoms with E-state index in [4.69, 9.17) is 5.26 Å². The third-order valence-electron chi connectivity index (χ3n) is 5.14. The fourth-order valence-electron chi connectivity index (χ4n) is 3.24. The third-order valence-corrected chi connectivity index (χ3v) is 5.14. The van der Waals surface area contributed by atoms with E-state index in [2.05, 4.69) is 20.4 Å². The van der Waals surface area contributed by atoms with Crippen molar-refractivity contribution in [1.82, 2.24) is 25.1 Å². The summed E-state index contributed by atoms with van der Waals surface area (Å²) in [6, 6.07) is 7.12. The number of hydrogen-bond acceptors (Lipinski definition) is 4. The Kier molecular flexibility index (Phi) is 5.81. The predicted molar refractivity (Wildman–Crippen MR) is 108 cm³/mol. The Bertz CT molecular complexity index is 1140. The SMILES string of the molecule is CC(C)n1nccc1C(=O)N[C@@H](CC(C)(C)C(F)(F)F)c1nc2ccc(C#N)cc2[nH]1. The highest BCUT2D eigenvalue weighted by Gasteiger charge is 2.49. The molecule has 31 heavy (non-hydrogen) atoms. The maximum atomic E-state index is 13.6. The summed E-state index contributed by atoms with van der Waals surface area (Å²) in [7, 11) is 0. The second-order valence-corrected chi connectivity index (χ2v) is 8.33. The summed E-state index contributed by atoms with van der Waals surface area (Å²) in [5, 5.41) is 15.9. The first kappa shape index (κ1) is 22.3. The molecule has 0 saturated carbocycles. The number of nitrogens with zero attached hydrogens (tertiary/aromatic N) is 4. The van der Waals surface area contributed by atoms with Crippen LogP contribution >= 0.6 is 0 Å². The average Bonchev–Trinajstić information content (AvgIpc) is 3.32. The first-order valence-corrected chi connectivity index (χ1v) is 9.74. The van der Waals surface area contributed by atoms with Crippen LogP contribution in [0.15, 0.2) is 30.5 Å². The highest BCUT2D eigenvalue weighted by molar-refractivity contribution is 5.92. The summed E-state index contributed by atoms with van der Waals surface area (Å²) in [4.78, 5) is 20.3. The van der Waals surface area contributed by atoms with Crippen molar-refractivity contribution in [2.75, 3.05) is 0 Å². The lowest BCUT2D eigenvalue weighted by molar-refractivity contribution is -0.215. The number of nitrogens with one attached hydrogen (secondary N) is 2. The van der Waals surface area contributed by atoms with Gasteiger partial charge >= 0.3 is 6.18 Å². The second kappa shape index (κ2) is 8.06. The largest absolute Gasteiger partial charge is 0.394 e. The lowest BCUT2D eigenvalue weighted by Gasteiger charge is -2.31. The number of hydrogen-bond donors (Lipinski definition) is 2.